The van der Waals surface area contributed by atoms with Crippen molar-refractivity contribution in [1.82, 2.24) is 23.9 Å². The summed E-state index contributed by atoms with van der Waals surface area (Å²) in [5.74, 6) is 0.637. The minimum absolute atomic E-state index is 0. The van der Waals surface area contributed by atoms with Gasteiger partial charge >= 0.3 is 6.03 Å². The molecule has 1 saturated heterocycles. The maximum absolute atomic E-state index is 14.8. The van der Waals surface area contributed by atoms with Crippen molar-refractivity contribution in [2.24, 2.45) is 4.99 Å². The summed E-state index contributed by atoms with van der Waals surface area (Å²) in [4.78, 5) is 39.4. The molecular weight excluding hydrogens is 711 g/mol. The van der Waals surface area contributed by atoms with Crippen LogP contribution in [0.3, 0.4) is 0 Å². The number of amides is 3. The van der Waals surface area contributed by atoms with Gasteiger partial charge in [-0.25, -0.2) is 17.5 Å². The van der Waals surface area contributed by atoms with Gasteiger partial charge in [-0.05, 0) is 54.4 Å². The summed E-state index contributed by atoms with van der Waals surface area (Å²) in [5.41, 5.74) is 2.13. The van der Waals surface area contributed by atoms with Crippen molar-refractivity contribution in [3.63, 3.8) is 0 Å². The zero-order valence-electron chi connectivity index (χ0n) is 28.0. The normalized spacial score (nSPS) is 18.2. The fourth-order valence-electron chi connectivity index (χ4n) is 5.77. The number of halogens is 3. The molecule has 1 fully saturated rings. The molecule has 0 aromatic heterocycles. The predicted octanol–water partition coefficient (Wildman–Crippen LogP) is 5.43. The van der Waals surface area contributed by atoms with Crippen molar-refractivity contribution in [1.29, 1.82) is 0 Å². The molecule has 3 aromatic carbocycles. The van der Waals surface area contributed by atoms with Crippen LogP contribution in [0.4, 0.5) is 4.79 Å². The molecule has 2 unspecified atom stereocenters. The van der Waals surface area contributed by atoms with E-state index in [9.17, 15) is 18.0 Å². The molecular formula is C34H41Cl3N6O5S. The summed E-state index contributed by atoms with van der Waals surface area (Å²) in [5, 5.41) is 1.12. The average molecular weight is 752 g/mol. The van der Waals surface area contributed by atoms with E-state index in [1.165, 1.54) is 26.2 Å². The van der Waals surface area contributed by atoms with Crippen LogP contribution in [-0.4, -0.2) is 118 Å². The van der Waals surface area contributed by atoms with Gasteiger partial charge in [0.1, 0.15) is 17.6 Å². The molecule has 5 rings (SSSR count). The standard InChI is InChI=1S/C34H40Cl2N6O5S.ClH/c1-6-47-29-21-27(48(45,46)39(4)5)15-16-28(29)33-37-31(23-7-11-25(35)12-8-23)32(24-9-13-26(36)14-10-24)42(33)34(44)41-19-17-40(18-20-41)22-30(43)38(2)3;/h7-16,21,31-32H,6,17-20,22H2,1-5H3;1H. The van der Waals surface area contributed by atoms with Crippen molar-refractivity contribution < 1.29 is 22.7 Å². The third kappa shape index (κ3) is 8.33. The molecule has 15 heteroatoms. The van der Waals surface area contributed by atoms with E-state index in [0.717, 1.165) is 15.4 Å². The monoisotopic (exact) mass is 750 g/mol. The van der Waals surface area contributed by atoms with Crippen LogP contribution in [-0.2, 0) is 14.8 Å². The first kappa shape index (κ1) is 38.4. The number of piperazine rings is 1. The molecule has 11 nitrogen and oxygen atoms in total. The minimum Gasteiger partial charge on any atom is -0.493 e. The third-order valence-electron chi connectivity index (χ3n) is 8.47. The van der Waals surface area contributed by atoms with E-state index in [-0.39, 0.29) is 48.1 Å². The largest absolute Gasteiger partial charge is 0.493 e. The Kier molecular flexibility index (Phi) is 12.6. The molecule has 0 N–H and O–H groups in total. The van der Waals surface area contributed by atoms with Gasteiger partial charge in [0, 0.05) is 70.5 Å². The van der Waals surface area contributed by atoms with E-state index >= 15 is 0 Å². The molecule has 0 radical (unpaired) electrons. The fraction of sp³-hybridized carbons (Fsp3) is 0.382. The third-order valence-corrected chi connectivity index (χ3v) is 10.8. The quantitative estimate of drug-likeness (QED) is 0.289. The van der Waals surface area contributed by atoms with Gasteiger partial charge < -0.3 is 14.5 Å². The first-order valence-corrected chi connectivity index (χ1v) is 17.8. The van der Waals surface area contributed by atoms with E-state index in [1.807, 2.05) is 36.1 Å². The molecule has 0 aliphatic carbocycles. The van der Waals surface area contributed by atoms with Crippen LogP contribution >= 0.6 is 35.6 Å². The van der Waals surface area contributed by atoms with Gasteiger partial charge in [-0.3, -0.25) is 19.6 Å². The minimum atomic E-state index is -3.77. The number of likely N-dealkylation sites (N-methyl/N-ethyl adjacent to an activating group) is 1. The van der Waals surface area contributed by atoms with Gasteiger partial charge in [-0.2, -0.15) is 0 Å². The highest BCUT2D eigenvalue weighted by molar-refractivity contribution is 7.89. The molecule has 2 aliphatic rings. The summed E-state index contributed by atoms with van der Waals surface area (Å²) in [6.45, 7) is 4.20. The Hall–Kier alpha value is -3.39. The molecule has 2 heterocycles. The number of rotatable bonds is 9. The molecule has 2 atom stereocenters. The number of aliphatic imine (C=N–C) groups is 1. The summed E-state index contributed by atoms with van der Waals surface area (Å²) in [6, 6.07) is 17.9. The molecule has 0 bridgehead atoms. The van der Waals surface area contributed by atoms with Crippen LogP contribution in [0.2, 0.25) is 10.0 Å². The number of ether oxygens (including phenoxy) is 1. The maximum atomic E-state index is 14.8. The number of carbonyl (C=O) groups excluding carboxylic acids is 2. The SMILES string of the molecule is CCOc1cc(S(=O)(=O)N(C)C)ccc1C1=NC(c2ccc(Cl)cc2)C(c2ccc(Cl)cc2)N1C(=O)N1CCN(CC(=O)N(C)C)CC1.Cl. The second kappa shape index (κ2) is 16.1. The molecule has 0 saturated carbocycles. The number of carbonyl (C=O) groups is 2. The summed E-state index contributed by atoms with van der Waals surface area (Å²) < 4.78 is 33.3. The lowest BCUT2D eigenvalue weighted by Gasteiger charge is -2.39. The Morgan fingerprint density at radius 3 is 1.98 bits per heavy atom. The number of sulfonamides is 1. The highest BCUT2D eigenvalue weighted by atomic mass is 35.5. The highest BCUT2D eigenvalue weighted by Gasteiger charge is 2.45. The predicted molar refractivity (Wildman–Crippen MR) is 195 cm³/mol. The van der Waals surface area contributed by atoms with E-state index in [0.29, 0.717) is 47.6 Å². The van der Waals surface area contributed by atoms with Crippen LogP contribution in [0.15, 0.2) is 76.6 Å². The Morgan fingerprint density at radius 1 is 0.878 bits per heavy atom. The molecule has 0 spiro atoms. The topological polar surface area (TPSA) is 106 Å². The summed E-state index contributed by atoms with van der Waals surface area (Å²) in [7, 11) is 2.61. The molecule has 3 aromatic rings. The summed E-state index contributed by atoms with van der Waals surface area (Å²) >= 11 is 12.6. The van der Waals surface area contributed by atoms with Crippen LogP contribution < -0.4 is 4.74 Å². The zero-order chi connectivity index (χ0) is 34.7. The lowest BCUT2D eigenvalue weighted by molar-refractivity contribution is -0.130. The van der Waals surface area contributed by atoms with Crippen LogP contribution in [0.25, 0.3) is 0 Å². The first-order valence-electron chi connectivity index (χ1n) is 15.6. The zero-order valence-corrected chi connectivity index (χ0v) is 31.2. The molecule has 49 heavy (non-hydrogen) atoms. The Bertz CT molecular complexity index is 1780. The van der Waals surface area contributed by atoms with Gasteiger partial charge in [0.05, 0.1) is 29.7 Å². The smallest absolute Gasteiger partial charge is 0.326 e. The van der Waals surface area contributed by atoms with Crippen LogP contribution in [0, 0.1) is 0 Å². The molecule has 2 aliphatic heterocycles. The number of amidine groups is 1. The Morgan fingerprint density at radius 2 is 1.45 bits per heavy atom. The molecule has 3 amide bonds. The number of nitrogens with zero attached hydrogens (tertiary/aromatic N) is 6. The second-order valence-corrected chi connectivity index (χ2v) is 15.1. The number of hydrogen-bond acceptors (Lipinski definition) is 7. The average Bonchev–Trinajstić information content (AvgIpc) is 3.45. The first-order chi connectivity index (χ1) is 22.8. The number of benzene rings is 3. The number of urea groups is 1. The van der Waals surface area contributed by atoms with Crippen molar-refractivity contribution in [3.8, 4) is 5.75 Å². The van der Waals surface area contributed by atoms with Crippen molar-refractivity contribution in [2.75, 3.05) is 67.5 Å². The van der Waals surface area contributed by atoms with E-state index < -0.39 is 22.1 Å². The fourth-order valence-corrected chi connectivity index (χ4v) is 6.94. The van der Waals surface area contributed by atoms with E-state index in [2.05, 4.69) is 0 Å². The van der Waals surface area contributed by atoms with E-state index in [1.54, 1.807) is 59.1 Å². The van der Waals surface area contributed by atoms with Crippen LogP contribution in [0.5, 0.6) is 5.75 Å². The van der Waals surface area contributed by atoms with Crippen molar-refractivity contribution in [3.05, 3.63) is 93.5 Å². The van der Waals surface area contributed by atoms with Gasteiger partial charge in [0.2, 0.25) is 15.9 Å². The van der Waals surface area contributed by atoms with Crippen molar-refractivity contribution in [2.45, 2.75) is 23.9 Å². The van der Waals surface area contributed by atoms with Gasteiger partial charge in [-0.1, -0.05) is 47.5 Å². The Balaban J connectivity index is 0.00000541. The van der Waals surface area contributed by atoms with Gasteiger partial charge in [0.25, 0.3) is 0 Å². The number of hydrogen-bond donors (Lipinski definition) is 0. The lowest BCUT2D eigenvalue weighted by Crippen LogP contribution is -2.55. The Labute approximate surface area is 304 Å². The highest BCUT2D eigenvalue weighted by Crippen LogP contribution is 2.45. The van der Waals surface area contributed by atoms with Gasteiger partial charge in [-0.15, -0.1) is 12.4 Å². The molecule has 264 valence electrons. The van der Waals surface area contributed by atoms with E-state index in [4.69, 9.17) is 32.9 Å². The van der Waals surface area contributed by atoms with Crippen molar-refractivity contribution >= 4 is 63.4 Å². The second-order valence-electron chi connectivity index (χ2n) is 12.0. The summed E-state index contributed by atoms with van der Waals surface area (Å²) in [6.07, 6.45) is 0. The van der Waals surface area contributed by atoms with Gasteiger partial charge in [0.15, 0.2) is 0 Å². The lowest BCUT2D eigenvalue weighted by atomic mass is 9.93. The van der Waals surface area contributed by atoms with Crippen LogP contribution in [0.1, 0.15) is 35.7 Å². The maximum Gasteiger partial charge on any atom is 0.326 e.